The zero-order chi connectivity index (χ0) is 22.0. The minimum atomic E-state index is -1.02. The van der Waals surface area contributed by atoms with E-state index >= 15 is 0 Å². The number of nitrogens with zero attached hydrogens (tertiary/aromatic N) is 4. The van der Waals surface area contributed by atoms with Gasteiger partial charge in [-0.2, -0.15) is 0 Å². The highest BCUT2D eigenvalue weighted by Gasteiger charge is 2.30. The highest BCUT2D eigenvalue weighted by Crippen LogP contribution is 2.24. The number of likely N-dealkylation sites (tertiary alicyclic amines) is 1. The molecule has 0 radical (unpaired) electrons. The predicted molar refractivity (Wildman–Crippen MR) is 103 cm³/mol. The molecule has 2 amide bonds. The van der Waals surface area contributed by atoms with Crippen LogP contribution >= 0.6 is 0 Å². The fraction of sp³-hybridized carbons (Fsp3) is 0.400. The molecule has 0 saturated carbocycles. The van der Waals surface area contributed by atoms with Crippen molar-refractivity contribution in [2.24, 2.45) is 0 Å². The first-order chi connectivity index (χ1) is 14.2. The average molecular weight is 421 g/mol. The van der Waals surface area contributed by atoms with Crippen molar-refractivity contribution in [2.75, 3.05) is 25.5 Å². The molecule has 2 aromatic rings. The van der Waals surface area contributed by atoms with Crippen molar-refractivity contribution < 1.29 is 22.8 Å². The molecule has 2 atom stereocenters. The lowest BCUT2D eigenvalue weighted by Gasteiger charge is -2.23. The Morgan fingerprint density at radius 3 is 2.37 bits per heavy atom. The highest BCUT2D eigenvalue weighted by atomic mass is 19.1. The molecule has 1 aliphatic heterocycles. The standard InChI is InChI=1S/C20H22F3N5O2/c1-11(18-16(22)6-14(21)7-17(18)23)26-20-24-8-13(9-25-20)19(30)28-5-4-15(10-28)27(3)12(2)29/h6-9,11,15H,4-5,10H2,1-3H3,(H,24,25,26). The first kappa shape index (κ1) is 21.5. The maximum Gasteiger partial charge on any atom is 0.257 e. The van der Waals surface area contributed by atoms with Gasteiger partial charge >= 0.3 is 0 Å². The van der Waals surface area contributed by atoms with Crippen molar-refractivity contribution in [1.29, 1.82) is 0 Å². The Kier molecular flexibility index (Phi) is 6.23. The molecule has 1 saturated heterocycles. The second-order valence-corrected chi connectivity index (χ2v) is 7.27. The van der Waals surface area contributed by atoms with Crippen LogP contribution in [-0.4, -0.2) is 57.8 Å². The number of hydrogen-bond donors (Lipinski definition) is 1. The minimum Gasteiger partial charge on any atom is -0.347 e. The van der Waals surface area contributed by atoms with E-state index in [9.17, 15) is 22.8 Å². The number of nitrogens with one attached hydrogen (secondary N) is 1. The summed E-state index contributed by atoms with van der Waals surface area (Å²) in [5.41, 5.74) is -0.0728. The molecule has 1 aliphatic rings. The van der Waals surface area contributed by atoms with Gasteiger partial charge in [0.2, 0.25) is 11.9 Å². The number of amides is 2. The molecular weight excluding hydrogens is 399 g/mol. The van der Waals surface area contributed by atoms with Gasteiger partial charge < -0.3 is 15.1 Å². The lowest BCUT2D eigenvalue weighted by atomic mass is 10.1. The normalized spacial score (nSPS) is 17.0. The summed E-state index contributed by atoms with van der Waals surface area (Å²) in [7, 11) is 1.71. The number of carbonyl (C=O) groups is 2. The average Bonchev–Trinajstić information content (AvgIpc) is 3.16. The molecule has 30 heavy (non-hydrogen) atoms. The molecule has 3 rings (SSSR count). The monoisotopic (exact) mass is 421 g/mol. The molecule has 0 bridgehead atoms. The second-order valence-electron chi connectivity index (χ2n) is 7.27. The number of likely N-dealkylation sites (N-methyl/N-ethyl adjacent to an activating group) is 1. The summed E-state index contributed by atoms with van der Waals surface area (Å²) in [6.45, 7) is 3.91. The van der Waals surface area contributed by atoms with E-state index in [1.165, 1.54) is 26.2 Å². The van der Waals surface area contributed by atoms with Crippen molar-refractivity contribution in [3.63, 3.8) is 0 Å². The Balaban J connectivity index is 1.65. The van der Waals surface area contributed by atoms with Gasteiger partial charge in [-0.15, -0.1) is 0 Å². The Morgan fingerprint density at radius 1 is 1.20 bits per heavy atom. The van der Waals surface area contributed by atoms with Crippen LogP contribution < -0.4 is 5.32 Å². The third kappa shape index (κ3) is 4.52. The van der Waals surface area contributed by atoms with Crippen LogP contribution in [0.5, 0.6) is 0 Å². The lowest BCUT2D eigenvalue weighted by Crippen LogP contribution is -2.39. The van der Waals surface area contributed by atoms with Crippen molar-refractivity contribution in [3.05, 3.63) is 53.1 Å². The maximum absolute atomic E-state index is 13.9. The predicted octanol–water partition coefficient (Wildman–Crippen LogP) is 2.76. The van der Waals surface area contributed by atoms with Gasteiger partial charge in [-0.25, -0.2) is 23.1 Å². The molecule has 1 aromatic carbocycles. The molecule has 1 fully saturated rings. The maximum atomic E-state index is 13.9. The number of rotatable bonds is 5. The second kappa shape index (κ2) is 8.68. The fourth-order valence-electron chi connectivity index (χ4n) is 3.43. The summed E-state index contributed by atoms with van der Waals surface area (Å²) in [6, 6.07) is 0.307. The summed E-state index contributed by atoms with van der Waals surface area (Å²) in [5, 5.41) is 2.74. The van der Waals surface area contributed by atoms with Crippen molar-refractivity contribution in [1.82, 2.24) is 19.8 Å². The molecule has 1 aromatic heterocycles. The third-order valence-electron chi connectivity index (χ3n) is 5.22. The van der Waals surface area contributed by atoms with Crippen LogP contribution in [0.1, 0.15) is 42.2 Å². The SMILES string of the molecule is CC(=O)N(C)C1CCN(C(=O)c2cnc(NC(C)c3c(F)cc(F)cc3F)nc2)C1. The molecule has 160 valence electrons. The van der Waals surface area contributed by atoms with Gasteiger partial charge in [0.1, 0.15) is 17.5 Å². The number of hydrogen-bond acceptors (Lipinski definition) is 5. The molecular formula is C20H22F3N5O2. The zero-order valence-corrected chi connectivity index (χ0v) is 16.8. The van der Waals surface area contributed by atoms with E-state index in [2.05, 4.69) is 15.3 Å². The first-order valence-electron chi connectivity index (χ1n) is 9.43. The van der Waals surface area contributed by atoms with Gasteiger partial charge in [0.15, 0.2) is 0 Å². The number of benzene rings is 1. The third-order valence-corrected chi connectivity index (χ3v) is 5.22. The van der Waals surface area contributed by atoms with Gasteiger partial charge in [0, 0.05) is 57.2 Å². The van der Waals surface area contributed by atoms with E-state index in [0.717, 1.165) is 0 Å². The van der Waals surface area contributed by atoms with Crippen molar-refractivity contribution >= 4 is 17.8 Å². The van der Waals surface area contributed by atoms with E-state index in [-0.39, 0.29) is 34.9 Å². The van der Waals surface area contributed by atoms with Crippen molar-refractivity contribution in [2.45, 2.75) is 32.4 Å². The first-order valence-corrected chi connectivity index (χ1v) is 9.43. The molecule has 7 nitrogen and oxygen atoms in total. The summed E-state index contributed by atoms with van der Waals surface area (Å²) < 4.78 is 40.9. The summed E-state index contributed by atoms with van der Waals surface area (Å²) in [6.07, 6.45) is 3.34. The van der Waals surface area contributed by atoms with Crippen LogP contribution in [0.25, 0.3) is 0 Å². The fourth-order valence-corrected chi connectivity index (χ4v) is 3.43. The summed E-state index contributed by atoms with van der Waals surface area (Å²) >= 11 is 0. The zero-order valence-electron chi connectivity index (χ0n) is 16.8. The van der Waals surface area contributed by atoms with E-state index < -0.39 is 23.5 Å². The number of carbonyl (C=O) groups excluding carboxylic acids is 2. The van der Waals surface area contributed by atoms with Crippen LogP contribution in [0.4, 0.5) is 19.1 Å². The van der Waals surface area contributed by atoms with Crippen LogP contribution in [0.2, 0.25) is 0 Å². The van der Waals surface area contributed by atoms with Gasteiger partial charge in [0.05, 0.1) is 17.6 Å². The van der Waals surface area contributed by atoms with E-state index in [0.29, 0.717) is 31.6 Å². The Hall–Kier alpha value is -3.17. The number of aromatic nitrogens is 2. The van der Waals surface area contributed by atoms with Gasteiger partial charge in [-0.05, 0) is 13.3 Å². The Morgan fingerprint density at radius 2 is 1.80 bits per heavy atom. The lowest BCUT2D eigenvalue weighted by molar-refractivity contribution is -0.129. The molecule has 0 aliphatic carbocycles. The molecule has 2 heterocycles. The summed E-state index contributed by atoms with van der Waals surface area (Å²) in [4.78, 5) is 35.5. The molecule has 0 spiro atoms. The molecule has 10 heteroatoms. The largest absolute Gasteiger partial charge is 0.347 e. The quantitative estimate of drug-likeness (QED) is 0.803. The molecule has 1 N–H and O–H groups in total. The smallest absolute Gasteiger partial charge is 0.257 e. The van der Waals surface area contributed by atoms with E-state index in [1.807, 2.05) is 0 Å². The van der Waals surface area contributed by atoms with Gasteiger partial charge in [-0.1, -0.05) is 0 Å². The van der Waals surface area contributed by atoms with Crippen LogP contribution in [0.15, 0.2) is 24.5 Å². The number of anilines is 1. The van der Waals surface area contributed by atoms with Crippen molar-refractivity contribution in [3.8, 4) is 0 Å². The number of halogens is 3. The van der Waals surface area contributed by atoms with Crippen LogP contribution in [-0.2, 0) is 4.79 Å². The van der Waals surface area contributed by atoms with E-state index in [1.54, 1.807) is 16.8 Å². The minimum absolute atomic E-state index is 0.0327. The topological polar surface area (TPSA) is 78.4 Å². The van der Waals surface area contributed by atoms with Crippen LogP contribution in [0.3, 0.4) is 0 Å². The Bertz CT molecular complexity index is 931. The molecule has 2 unspecified atom stereocenters. The van der Waals surface area contributed by atoms with Gasteiger partial charge in [-0.3, -0.25) is 9.59 Å². The van der Waals surface area contributed by atoms with Gasteiger partial charge in [0.25, 0.3) is 5.91 Å². The Labute approximate surface area is 171 Å². The van der Waals surface area contributed by atoms with E-state index in [4.69, 9.17) is 0 Å². The summed E-state index contributed by atoms with van der Waals surface area (Å²) in [5.74, 6) is -3.28. The van der Waals surface area contributed by atoms with Crippen LogP contribution in [0, 0.1) is 17.5 Å². The highest BCUT2D eigenvalue weighted by molar-refractivity contribution is 5.94.